The Bertz CT molecular complexity index is 2010. The van der Waals surface area contributed by atoms with Crippen molar-refractivity contribution < 1.29 is 0 Å². The van der Waals surface area contributed by atoms with Gasteiger partial charge in [0.25, 0.3) is 0 Å². The van der Waals surface area contributed by atoms with Gasteiger partial charge in [-0.25, -0.2) is 9.98 Å². The van der Waals surface area contributed by atoms with Gasteiger partial charge < -0.3 is 5.32 Å². The van der Waals surface area contributed by atoms with E-state index in [4.69, 9.17) is 9.98 Å². The molecule has 1 aliphatic carbocycles. The van der Waals surface area contributed by atoms with Gasteiger partial charge in [-0.15, -0.1) is 0 Å². The summed E-state index contributed by atoms with van der Waals surface area (Å²) < 4.78 is 0. The first-order valence-corrected chi connectivity index (χ1v) is 14.9. The minimum absolute atomic E-state index is 0.102. The topological polar surface area (TPSA) is 49.3 Å². The number of amidine groups is 1. The second-order valence-corrected chi connectivity index (χ2v) is 11.9. The lowest BCUT2D eigenvalue weighted by molar-refractivity contribution is 0.408. The molecule has 0 saturated carbocycles. The van der Waals surface area contributed by atoms with Crippen LogP contribution >= 0.6 is 0 Å². The molecule has 4 heteroatoms. The van der Waals surface area contributed by atoms with Gasteiger partial charge in [0.1, 0.15) is 18.0 Å². The van der Waals surface area contributed by atoms with Gasteiger partial charge in [0.15, 0.2) is 5.84 Å². The molecule has 0 amide bonds. The smallest absolute Gasteiger partial charge is 0.150 e. The number of pyridine rings is 1. The first kappa shape index (κ1) is 25.6. The predicted octanol–water partition coefficient (Wildman–Crippen LogP) is 8.55. The Morgan fingerprint density at radius 2 is 1.28 bits per heavy atom. The molecule has 0 bridgehead atoms. The summed E-state index contributed by atoms with van der Waals surface area (Å²) in [6, 6.07) is 47.1. The van der Waals surface area contributed by atoms with Crippen molar-refractivity contribution in [2.24, 2.45) is 4.99 Å². The van der Waals surface area contributed by atoms with Crippen molar-refractivity contribution in [2.45, 2.75) is 31.6 Å². The van der Waals surface area contributed by atoms with E-state index in [1.165, 1.54) is 38.6 Å². The molecule has 6 aromatic rings. The molecule has 0 spiro atoms. The van der Waals surface area contributed by atoms with E-state index in [0.29, 0.717) is 0 Å². The van der Waals surface area contributed by atoms with Crippen molar-refractivity contribution >= 4 is 16.6 Å². The molecule has 2 atom stereocenters. The zero-order valence-corrected chi connectivity index (χ0v) is 24.3. The Balaban J connectivity index is 1.31. The number of benzene rings is 5. The third-order valence-corrected chi connectivity index (χ3v) is 8.95. The van der Waals surface area contributed by atoms with E-state index >= 15 is 0 Å². The van der Waals surface area contributed by atoms with Crippen LogP contribution < -0.4 is 10.6 Å². The van der Waals surface area contributed by atoms with Crippen molar-refractivity contribution in [1.29, 1.82) is 0 Å². The lowest BCUT2D eigenvalue weighted by Gasteiger charge is -2.32. The van der Waals surface area contributed by atoms with Crippen molar-refractivity contribution in [2.75, 3.05) is 0 Å². The maximum atomic E-state index is 5.35. The quantitative estimate of drug-likeness (QED) is 0.229. The van der Waals surface area contributed by atoms with Crippen LogP contribution in [-0.4, -0.2) is 10.8 Å². The fourth-order valence-electron chi connectivity index (χ4n) is 6.79. The van der Waals surface area contributed by atoms with Crippen molar-refractivity contribution in [3.05, 3.63) is 161 Å². The Morgan fingerprint density at radius 1 is 0.605 bits per heavy atom. The molecule has 43 heavy (non-hydrogen) atoms. The van der Waals surface area contributed by atoms with Crippen LogP contribution in [0.4, 0.5) is 0 Å². The van der Waals surface area contributed by atoms with Gasteiger partial charge in [-0.1, -0.05) is 129 Å². The van der Waals surface area contributed by atoms with Gasteiger partial charge >= 0.3 is 0 Å². The molecule has 0 radical (unpaired) electrons. The van der Waals surface area contributed by atoms with E-state index in [1.54, 1.807) is 0 Å². The largest absolute Gasteiger partial charge is 0.349 e. The summed E-state index contributed by atoms with van der Waals surface area (Å²) in [5, 5.41) is 9.79. The van der Waals surface area contributed by atoms with E-state index in [-0.39, 0.29) is 17.7 Å². The molecular weight excluding hydrogens is 524 g/mol. The number of rotatable bonds is 4. The van der Waals surface area contributed by atoms with Crippen LogP contribution in [-0.2, 0) is 5.41 Å². The normalized spacial score (nSPS) is 18.4. The molecule has 1 aliphatic heterocycles. The highest BCUT2D eigenvalue weighted by atomic mass is 15.3. The molecule has 2 N–H and O–H groups in total. The first-order valence-electron chi connectivity index (χ1n) is 14.9. The molecule has 0 saturated heterocycles. The summed E-state index contributed by atoms with van der Waals surface area (Å²) in [6.45, 7) is 4.67. The number of nitrogens with zero attached hydrogens (tertiary/aromatic N) is 2. The summed E-state index contributed by atoms with van der Waals surface area (Å²) in [7, 11) is 0. The second-order valence-electron chi connectivity index (χ2n) is 11.9. The van der Waals surface area contributed by atoms with Crippen LogP contribution in [0.5, 0.6) is 0 Å². The molecular formula is C39H32N4. The average molecular weight is 557 g/mol. The minimum Gasteiger partial charge on any atom is -0.349 e. The molecule has 4 nitrogen and oxygen atoms in total. The van der Waals surface area contributed by atoms with Gasteiger partial charge in [0, 0.05) is 11.0 Å². The summed E-state index contributed by atoms with van der Waals surface area (Å²) in [6.07, 6.45) is -0.318. The number of hydrogen-bond acceptors (Lipinski definition) is 4. The highest BCUT2D eigenvalue weighted by Crippen LogP contribution is 2.53. The molecule has 1 aromatic heterocycles. The number of aromatic nitrogens is 1. The molecule has 0 fully saturated rings. The standard InChI is InChI=1S/C39H32N4/c1-39(2)30-21-12-11-20-29(30)34-31(39)24-27-18-9-10-19-28(27)35(34)32-22-13-23-33(40-32)38-42-36(25-14-5-3-6-15-25)41-37(43-38)26-16-7-4-8-17-26/h3-24,36-37,41H,1-2H3,(H,42,43). The molecule has 8 rings (SSSR count). The monoisotopic (exact) mass is 556 g/mol. The van der Waals surface area contributed by atoms with Crippen molar-refractivity contribution in [3.63, 3.8) is 0 Å². The molecule has 2 aliphatic rings. The minimum atomic E-state index is -0.206. The Hall–Kier alpha value is -5.06. The third kappa shape index (κ3) is 4.26. The number of hydrogen-bond donors (Lipinski definition) is 2. The van der Waals surface area contributed by atoms with Crippen LogP contribution in [0.25, 0.3) is 33.2 Å². The lowest BCUT2D eigenvalue weighted by Crippen LogP contribution is -2.45. The maximum Gasteiger partial charge on any atom is 0.150 e. The van der Waals surface area contributed by atoms with Gasteiger partial charge in [-0.2, -0.15) is 0 Å². The zero-order valence-electron chi connectivity index (χ0n) is 24.3. The van der Waals surface area contributed by atoms with Crippen LogP contribution in [0.15, 0.2) is 138 Å². The Labute approximate surface area is 252 Å². The summed E-state index contributed by atoms with van der Waals surface area (Å²) in [4.78, 5) is 10.5. The number of aliphatic imine (C=N–C) groups is 1. The van der Waals surface area contributed by atoms with Gasteiger partial charge in [0.2, 0.25) is 0 Å². The molecule has 2 unspecified atom stereocenters. The number of nitrogens with one attached hydrogen (secondary N) is 2. The zero-order chi connectivity index (χ0) is 29.0. The Kier molecular flexibility index (Phi) is 5.99. The van der Waals surface area contributed by atoms with Gasteiger partial charge in [-0.3, -0.25) is 5.32 Å². The molecule has 2 heterocycles. The van der Waals surface area contributed by atoms with Crippen molar-refractivity contribution in [3.8, 4) is 22.4 Å². The summed E-state index contributed by atoms with van der Waals surface area (Å²) in [5.41, 5.74) is 10.4. The van der Waals surface area contributed by atoms with E-state index in [2.05, 4.69) is 146 Å². The fraction of sp³-hybridized carbons (Fsp3) is 0.128. The molecule has 208 valence electrons. The molecule has 5 aromatic carbocycles. The number of fused-ring (bicyclic) bond motifs is 4. The van der Waals surface area contributed by atoms with Crippen molar-refractivity contribution in [1.82, 2.24) is 15.6 Å². The summed E-state index contributed by atoms with van der Waals surface area (Å²) >= 11 is 0. The lowest BCUT2D eigenvalue weighted by atomic mass is 9.81. The van der Waals surface area contributed by atoms with E-state index in [1.807, 2.05) is 12.1 Å². The summed E-state index contributed by atoms with van der Waals surface area (Å²) in [5.74, 6) is 0.779. The van der Waals surface area contributed by atoms with Gasteiger partial charge in [0.05, 0.1) is 5.69 Å². The van der Waals surface area contributed by atoms with E-state index in [9.17, 15) is 0 Å². The maximum absolute atomic E-state index is 5.35. The average Bonchev–Trinajstić information content (AvgIpc) is 3.30. The fourth-order valence-corrected chi connectivity index (χ4v) is 6.79. The van der Waals surface area contributed by atoms with Crippen LogP contribution in [0.1, 0.15) is 54.1 Å². The third-order valence-electron chi connectivity index (χ3n) is 8.95. The highest BCUT2D eigenvalue weighted by Gasteiger charge is 2.38. The second kappa shape index (κ2) is 10.0. The van der Waals surface area contributed by atoms with Crippen LogP contribution in [0, 0.1) is 0 Å². The Morgan fingerprint density at radius 3 is 2.09 bits per heavy atom. The van der Waals surface area contributed by atoms with Crippen LogP contribution in [0.2, 0.25) is 0 Å². The SMILES string of the molecule is CC1(C)c2ccccc2-c2c1cc1ccccc1c2-c1cccc(C2=NC(c3ccccc3)NC(c3ccccc3)N2)n1. The van der Waals surface area contributed by atoms with Crippen LogP contribution in [0.3, 0.4) is 0 Å². The van der Waals surface area contributed by atoms with E-state index in [0.717, 1.165) is 28.4 Å². The predicted molar refractivity (Wildman–Crippen MR) is 176 cm³/mol. The van der Waals surface area contributed by atoms with E-state index < -0.39 is 0 Å². The highest BCUT2D eigenvalue weighted by molar-refractivity contribution is 6.08. The first-order chi connectivity index (χ1) is 21.1. The van der Waals surface area contributed by atoms with Gasteiger partial charge in [-0.05, 0) is 62.4 Å².